The summed E-state index contributed by atoms with van der Waals surface area (Å²) in [7, 11) is 0. The Kier molecular flexibility index (Phi) is 9.48. The van der Waals surface area contributed by atoms with Gasteiger partial charge >= 0.3 is 0 Å². The molecular formula is C20H32N2O6. The van der Waals surface area contributed by atoms with Crippen molar-refractivity contribution in [2.45, 2.75) is 77.6 Å². The van der Waals surface area contributed by atoms with Gasteiger partial charge in [0.15, 0.2) is 5.78 Å². The molecule has 158 valence electrons. The van der Waals surface area contributed by atoms with Crippen LogP contribution < -0.4 is 5.32 Å². The van der Waals surface area contributed by atoms with E-state index in [-0.39, 0.29) is 13.1 Å². The van der Waals surface area contributed by atoms with Gasteiger partial charge in [-0.1, -0.05) is 33.1 Å². The molecule has 0 radical (unpaired) electrons. The molecule has 1 aliphatic rings. The Morgan fingerprint density at radius 2 is 1.75 bits per heavy atom. The van der Waals surface area contributed by atoms with E-state index in [1.165, 1.54) is 12.2 Å². The number of amides is 3. The van der Waals surface area contributed by atoms with Crippen LogP contribution in [0.2, 0.25) is 0 Å². The summed E-state index contributed by atoms with van der Waals surface area (Å²) < 4.78 is 5.79. The third-order valence-electron chi connectivity index (χ3n) is 4.54. The summed E-state index contributed by atoms with van der Waals surface area (Å²) in [5.74, 6) is -1.69. The Morgan fingerprint density at radius 1 is 1.14 bits per heavy atom. The molecule has 0 aromatic carbocycles. The van der Waals surface area contributed by atoms with Crippen LogP contribution in [0, 0.1) is 0 Å². The lowest BCUT2D eigenvalue weighted by Crippen LogP contribution is -2.49. The van der Waals surface area contributed by atoms with Gasteiger partial charge in [-0.15, -0.1) is 0 Å². The average molecular weight is 396 g/mol. The predicted octanol–water partition coefficient (Wildman–Crippen LogP) is 1.11. The molecule has 0 aromatic rings. The number of hydrogen-bond donors (Lipinski definition) is 2. The van der Waals surface area contributed by atoms with Crippen LogP contribution in [0.15, 0.2) is 12.2 Å². The number of unbranched alkanes of at least 4 members (excludes halogenated alkanes) is 1. The van der Waals surface area contributed by atoms with E-state index >= 15 is 0 Å². The first-order valence-corrected chi connectivity index (χ1v) is 9.85. The van der Waals surface area contributed by atoms with Gasteiger partial charge < -0.3 is 15.2 Å². The molecule has 1 heterocycles. The summed E-state index contributed by atoms with van der Waals surface area (Å²) >= 11 is 0. The summed E-state index contributed by atoms with van der Waals surface area (Å²) in [4.78, 5) is 49.1. The zero-order valence-electron chi connectivity index (χ0n) is 17.2. The van der Waals surface area contributed by atoms with Crippen LogP contribution in [-0.4, -0.2) is 64.4 Å². The van der Waals surface area contributed by atoms with E-state index < -0.39 is 41.3 Å². The van der Waals surface area contributed by atoms with Crippen LogP contribution in [0.4, 0.5) is 0 Å². The molecule has 3 amide bonds. The lowest BCUT2D eigenvalue weighted by atomic mass is 9.95. The van der Waals surface area contributed by atoms with E-state index in [0.717, 1.165) is 17.7 Å². The van der Waals surface area contributed by atoms with Gasteiger partial charge in [-0.2, -0.15) is 0 Å². The minimum absolute atomic E-state index is 0.0628. The van der Waals surface area contributed by atoms with Crippen molar-refractivity contribution in [2.75, 3.05) is 13.1 Å². The monoisotopic (exact) mass is 396 g/mol. The highest BCUT2D eigenvalue weighted by atomic mass is 16.5. The number of hydrogen-bond acceptors (Lipinski definition) is 6. The van der Waals surface area contributed by atoms with Gasteiger partial charge in [-0.25, -0.2) is 0 Å². The van der Waals surface area contributed by atoms with E-state index in [1.54, 1.807) is 13.8 Å². The lowest BCUT2D eigenvalue weighted by Gasteiger charge is -2.30. The third kappa shape index (κ3) is 6.83. The topological polar surface area (TPSA) is 113 Å². The fourth-order valence-electron chi connectivity index (χ4n) is 2.91. The maximum Gasteiger partial charge on any atom is 0.253 e. The molecule has 0 saturated heterocycles. The van der Waals surface area contributed by atoms with Gasteiger partial charge in [0.25, 0.3) is 11.8 Å². The number of aliphatic hydroxyl groups is 1. The highest BCUT2D eigenvalue weighted by molar-refractivity contribution is 6.12. The van der Waals surface area contributed by atoms with E-state index in [9.17, 15) is 24.3 Å². The zero-order valence-corrected chi connectivity index (χ0v) is 17.2. The first-order chi connectivity index (χ1) is 13.1. The van der Waals surface area contributed by atoms with Crippen molar-refractivity contribution in [3.05, 3.63) is 12.2 Å². The van der Waals surface area contributed by atoms with Crippen molar-refractivity contribution >= 4 is 23.5 Å². The molecule has 0 spiro atoms. The van der Waals surface area contributed by atoms with Crippen LogP contribution in [0.25, 0.3) is 0 Å². The molecular weight excluding hydrogens is 364 g/mol. The first kappa shape index (κ1) is 24.0. The van der Waals surface area contributed by atoms with Crippen LogP contribution in [0.1, 0.15) is 59.8 Å². The minimum atomic E-state index is -1.31. The Balaban J connectivity index is 2.62. The van der Waals surface area contributed by atoms with Crippen LogP contribution in [0.3, 0.4) is 0 Å². The third-order valence-corrected chi connectivity index (χ3v) is 4.54. The first-order valence-electron chi connectivity index (χ1n) is 9.85. The number of imide groups is 1. The van der Waals surface area contributed by atoms with Crippen molar-refractivity contribution in [3.63, 3.8) is 0 Å². The second kappa shape index (κ2) is 11.1. The van der Waals surface area contributed by atoms with Crippen molar-refractivity contribution in [1.82, 2.24) is 10.2 Å². The van der Waals surface area contributed by atoms with Gasteiger partial charge in [0, 0.05) is 25.2 Å². The smallest absolute Gasteiger partial charge is 0.253 e. The average Bonchev–Trinajstić information content (AvgIpc) is 2.96. The fraction of sp³-hybridized carbons (Fsp3) is 0.700. The van der Waals surface area contributed by atoms with E-state index in [2.05, 4.69) is 5.32 Å². The summed E-state index contributed by atoms with van der Waals surface area (Å²) in [6.45, 7) is 7.12. The fourth-order valence-corrected chi connectivity index (χ4v) is 2.91. The van der Waals surface area contributed by atoms with Gasteiger partial charge in [0.2, 0.25) is 5.91 Å². The van der Waals surface area contributed by atoms with E-state index in [1.807, 2.05) is 13.8 Å². The number of carbonyl (C=O) groups is 4. The maximum absolute atomic E-state index is 12.5. The van der Waals surface area contributed by atoms with Gasteiger partial charge in [-0.05, 0) is 26.7 Å². The molecule has 2 atom stereocenters. The Morgan fingerprint density at radius 3 is 2.29 bits per heavy atom. The molecule has 0 saturated carbocycles. The van der Waals surface area contributed by atoms with Crippen molar-refractivity contribution in [1.29, 1.82) is 0 Å². The quantitative estimate of drug-likeness (QED) is 0.451. The summed E-state index contributed by atoms with van der Waals surface area (Å²) in [6.07, 6.45) is 3.39. The number of ether oxygens (including phenoxy) is 1. The maximum atomic E-state index is 12.5. The van der Waals surface area contributed by atoms with Gasteiger partial charge in [0.1, 0.15) is 17.8 Å². The molecule has 8 nitrogen and oxygen atoms in total. The highest BCUT2D eigenvalue weighted by Crippen LogP contribution is 2.20. The lowest BCUT2D eigenvalue weighted by molar-refractivity contribution is -0.163. The Labute approximate surface area is 166 Å². The zero-order chi connectivity index (χ0) is 21.3. The van der Waals surface area contributed by atoms with Crippen molar-refractivity contribution in [2.24, 2.45) is 0 Å². The number of nitrogens with one attached hydrogen (secondary N) is 1. The Bertz CT molecular complexity index is 596. The second-order valence-electron chi connectivity index (χ2n) is 7.38. The van der Waals surface area contributed by atoms with Crippen molar-refractivity contribution in [3.8, 4) is 0 Å². The Hall–Kier alpha value is -2.06. The summed E-state index contributed by atoms with van der Waals surface area (Å²) in [6, 6.07) is 0. The predicted molar refractivity (Wildman–Crippen MR) is 103 cm³/mol. The van der Waals surface area contributed by atoms with E-state index in [0.29, 0.717) is 19.3 Å². The molecule has 1 aliphatic heterocycles. The number of ketones is 1. The second-order valence-corrected chi connectivity index (χ2v) is 7.38. The molecule has 2 unspecified atom stereocenters. The number of Topliss-reactive ketones (excluding diaryl/α,β-unsaturated/α-hetero) is 1. The SMILES string of the molecule is CCCCC(O)C(=O)C(C)(C)OC(CCC)C(=O)NCCN1C(=O)C=CC1=O. The summed E-state index contributed by atoms with van der Waals surface area (Å²) in [5.41, 5.74) is -1.31. The van der Waals surface area contributed by atoms with E-state index in [4.69, 9.17) is 4.74 Å². The number of rotatable bonds is 13. The number of nitrogens with zero attached hydrogens (tertiary/aromatic N) is 1. The summed E-state index contributed by atoms with van der Waals surface area (Å²) in [5, 5.41) is 12.7. The van der Waals surface area contributed by atoms with Gasteiger partial charge in [-0.3, -0.25) is 24.1 Å². The number of aliphatic hydroxyl groups excluding tert-OH is 1. The molecule has 0 aliphatic carbocycles. The van der Waals surface area contributed by atoms with Crippen LogP contribution >= 0.6 is 0 Å². The van der Waals surface area contributed by atoms with Gasteiger partial charge in [0.05, 0.1) is 0 Å². The number of carbonyl (C=O) groups excluding carboxylic acids is 4. The molecule has 8 heteroatoms. The van der Waals surface area contributed by atoms with Crippen LogP contribution in [-0.2, 0) is 23.9 Å². The standard InChI is InChI=1S/C20H32N2O6/c1-5-7-9-14(23)18(26)20(3,4)28-15(8-6-2)19(27)21-12-13-22-16(24)10-11-17(22)25/h10-11,14-15,23H,5-9,12-13H2,1-4H3,(H,21,27). The molecule has 0 fully saturated rings. The molecule has 0 aromatic heterocycles. The normalized spacial score (nSPS) is 16.4. The molecule has 1 rings (SSSR count). The molecule has 0 bridgehead atoms. The van der Waals surface area contributed by atoms with Crippen LogP contribution in [0.5, 0.6) is 0 Å². The largest absolute Gasteiger partial charge is 0.385 e. The minimum Gasteiger partial charge on any atom is -0.385 e. The molecule has 28 heavy (non-hydrogen) atoms. The van der Waals surface area contributed by atoms with Crippen molar-refractivity contribution < 1.29 is 29.0 Å². The molecule has 2 N–H and O–H groups in total. The highest BCUT2D eigenvalue weighted by Gasteiger charge is 2.37.